The molecule has 1 saturated heterocycles. The quantitative estimate of drug-likeness (QED) is 0.930. The summed E-state index contributed by atoms with van der Waals surface area (Å²) in [7, 11) is -3.34. The lowest BCUT2D eigenvalue weighted by atomic mass is 10.1. The van der Waals surface area contributed by atoms with Gasteiger partial charge in [-0.25, -0.2) is 13.1 Å². The lowest BCUT2D eigenvalue weighted by molar-refractivity contribution is 0.0981. The Bertz CT molecular complexity index is 526. The van der Waals surface area contributed by atoms with Crippen LogP contribution in [0.15, 0.2) is 24.3 Å². The monoisotopic (exact) mass is 303 g/mol. The van der Waals surface area contributed by atoms with E-state index in [0.29, 0.717) is 31.1 Å². The zero-order valence-electron chi connectivity index (χ0n) is 10.8. The third kappa shape index (κ3) is 3.69. The highest BCUT2D eigenvalue weighted by Crippen LogP contribution is 2.24. The minimum absolute atomic E-state index is 0.332. The van der Waals surface area contributed by atoms with E-state index in [2.05, 4.69) is 4.72 Å². The molecule has 1 aromatic carbocycles. The molecule has 2 rings (SSSR count). The summed E-state index contributed by atoms with van der Waals surface area (Å²) in [6, 6.07) is 6.93. The van der Waals surface area contributed by atoms with Gasteiger partial charge in [0.05, 0.1) is 5.25 Å². The maximum Gasteiger partial charge on any atom is 0.215 e. The van der Waals surface area contributed by atoms with E-state index in [4.69, 9.17) is 16.3 Å². The second kappa shape index (κ2) is 6.22. The molecular weight excluding hydrogens is 286 g/mol. The van der Waals surface area contributed by atoms with E-state index >= 15 is 0 Å². The van der Waals surface area contributed by atoms with Gasteiger partial charge in [-0.3, -0.25) is 0 Å². The average Bonchev–Trinajstić information content (AvgIpc) is 2.39. The maximum atomic E-state index is 12.3. The van der Waals surface area contributed by atoms with Crippen LogP contribution in [0.2, 0.25) is 5.02 Å². The van der Waals surface area contributed by atoms with Gasteiger partial charge in [0.2, 0.25) is 10.0 Å². The van der Waals surface area contributed by atoms with Crippen molar-refractivity contribution in [1.29, 1.82) is 0 Å². The van der Waals surface area contributed by atoms with E-state index in [-0.39, 0.29) is 11.3 Å². The average molecular weight is 304 g/mol. The van der Waals surface area contributed by atoms with Gasteiger partial charge < -0.3 is 4.74 Å². The molecule has 6 heteroatoms. The van der Waals surface area contributed by atoms with Gasteiger partial charge >= 0.3 is 0 Å². The van der Waals surface area contributed by atoms with Crippen molar-refractivity contribution in [3.63, 3.8) is 0 Å². The summed E-state index contributed by atoms with van der Waals surface area (Å²) in [4.78, 5) is 0. The van der Waals surface area contributed by atoms with Crippen LogP contribution in [0.3, 0.4) is 0 Å². The van der Waals surface area contributed by atoms with E-state index < -0.39 is 10.0 Å². The minimum atomic E-state index is -3.34. The highest BCUT2D eigenvalue weighted by Gasteiger charge is 2.29. The molecule has 0 spiro atoms. The highest BCUT2D eigenvalue weighted by molar-refractivity contribution is 7.90. The predicted molar refractivity (Wildman–Crippen MR) is 75.8 cm³/mol. The highest BCUT2D eigenvalue weighted by atomic mass is 35.5. The van der Waals surface area contributed by atoms with Crippen molar-refractivity contribution in [2.45, 2.75) is 31.1 Å². The van der Waals surface area contributed by atoms with Crippen LogP contribution in [0.25, 0.3) is 0 Å². The molecule has 1 fully saturated rings. The fourth-order valence-corrected chi connectivity index (χ4v) is 4.14. The Kier molecular flexibility index (Phi) is 4.84. The van der Waals surface area contributed by atoms with Gasteiger partial charge in [0.1, 0.15) is 0 Å². The van der Waals surface area contributed by atoms with Gasteiger partial charge in [-0.15, -0.1) is 0 Å². The number of rotatable bonds is 4. The Morgan fingerprint density at radius 1 is 1.32 bits per heavy atom. The topological polar surface area (TPSA) is 55.4 Å². The van der Waals surface area contributed by atoms with Crippen molar-refractivity contribution in [3.05, 3.63) is 34.9 Å². The molecule has 0 bridgehead atoms. The molecular formula is C13H18ClNO3S. The smallest absolute Gasteiger partial charge is 0.215 e. The molecule has 1 atom stereocenters. The lowest BCUT2D eigenvalue weighted by Crippen LogP contribution is -2.39. The molecule has 1 aliphatic heterocycles. The molecule has 1 aliphatic rings. The van der Waals surface area contributed by atoms with Crippen LogP contribution in [0.1, 0.15) is 31.4 Å². The summed E-state index contributed by atoms with van der Waals surface area (Å²) in [5, 5.41) is 0.205. The lowest BCUT2D eigenvalue weighted by Gasteiger charge is -2.24. The van der Waals surface area contributed by atoms with Crippen LogP contribution in [-0.4, -0.2) is 26.9 Å². The van der Waals surface area contributed by atoms with Gasteiger partial charge in [0.25, 0.3) is 0 Å². The largest absolute Gasteiger partial charge is 0.381 e. The summed E-state index contributed by atoms with van der Waals surface area (Å²) in [5.41, 5.74) is 0.791. The molecule has 0 aromatic heterocycles. The van der Waals surface area contributed by atoms with Gasteiger partial charge in [-0.05, 0) is 31.4 Å². The standard InChI is InChI=1S/C13H18ClNO3S/c1-10(12-4-2-3-5-13(12)14)15-19(16,17)11-6-8-18-9-7-11/h2-5,10-11,15H,6-9H2,1H3. The van der Waals surface area contributed by atoms with Gasteiger partial charge in [-0.2, -0.15) is 0 Å². The predicted octanol–water partition coefficient (Wildman–Crippen LogP) is 2.50. The van der Waals surface area contributed by atoms with Crippen LogP contribution in [-0.2, 0) is 14.8 Å². The van der Waals surface area contributed by atoms with E-state index in [9.17, 15) is 8.42 Å². The molecule has 1 aromatic rings. The molecule has 0 amide bonds. The number of ether oxygens (including phenoxy) is 1. The number of hydrogen-bond acceptors (Lipinski definition) is 3. The number of benzene rings is 1. The first kappa shape index (κ1) is 14.8. The van der Waals surface area contributed by atoms with E-state index in [1.165, 1.54) is 0 Å². The maximum absolute atomic E-state index is 12.3. The molecule has 1 heterocycles. The normalized spacial score (nSPS) is 19.3. The van der Waals surface area contributed by atoms with E-state index in [0.717, 1.165) is 5.56 Å². The van der Waals surface area contributed by atoms with Crippen molar-refractivity contribution in [2.75, 3.05) is 13.2 Å². The minimum Gasteiger partial charge on any atom is -0.381 e. The number of halogens is 1. The third-order valence-corrected chi connectivity index (χ3v) is 5.70. The van der Waals surface area contributed by atoms with Crippen molar-refractivity contribution in [2.24, 2.45) is 0 Å². The van der Waals surface area contributed by atoms with Crippen LogP contribution in [0, 0.1) is 0 Å². The molecule has 19 heavy (non-hydrogen) atoms. The Morgan fingerprint density at radius 3 is 2.58 bits per heavy atom. The first-order chi connectivity index (χ1) is 9.00. The van der Waals surface area contributed by atoms with Crippen LogP contribution < -0.4 is 4.72 Å². The first-order valence-corrected chi connectivity index (χ1v) is 8.26. The zero-order valence-corrected chi connectivity index (χ0v) is 12.4. The van der Waals surface area contributed by atoms with Gasteiger partial charge in [0, 0.05) is 24.3 Å². The molecule has 0 aliphatic carbocycles. The SMILES string of the molecule is CC(NS(=O)(=O)C1CCOCC1)c1ccccc1Cl. The molecule has 0 saturated carbocycles. The van der Waals surface area contributed by atoms with Crippen molar-refractivity contribution in [1.82, 2.24) is 4.72 Å². The molecule has 1 unspecified atom stereocenters. The second-order valence-electron chi connectivity index (χ2n) is 4.72. The zero-order chi connectivity index (χ0) is 13.9. The Morgan fingerprint density at radius 2 is 1.95 bits per heavy atom. The van der Waals surface area contributed by atoms with Gasteiger partial charge in [-0.1, -0.05) is 29.8 Å². The summed E-state index contributed by atoms with van der Waals surface area (Å²) in [6.45, 7) is 2.82. The summed E-state index contributed by atoms with van der Waals surface area (Å²) < 4.78 is 32.4. The van der Waals surface area contributed by atoms with Crippen LogP contribution in [0.5, 0.6) is 0 Å². The first-order valence-electron chi connectivity index (χ1n) is 6.34. The molecule has 1 N–H and O–H groups in total. The second-order valence-corrected chi connectivity index (χ2v) is 7.12. The Labute approximate surface area is 119 Å². The van der Waals surface area contributed by atoms with E-state index in [1.807, 2.05) is 18.2 Å². The summed E-state index contributed by atoms with van der Waals surface area (Å²) in [6.07, 6.45) is 1.09. The summed E-state index contributed by atoms with van der Waals surface area (Å²) >= 11 is 6.08. The van der Waals surface area contributed by atoms with Crippen molar-refractivity contribution < 1.29 is 13.2 Å². The van der Waals surface area contributed by atoms with Gasteiger partial charge in [0.15, 0.2) is 0 Å². The van der Waals surface area contributed by atoms with Crippen molar-refractivity contribution in [3.8, 4) is 0 Å². The fourth-order valence-electron chi connectivity index (χ4n) is 2.22. The molecule has 4 nitrogen and oxygen atoms in total. The number of nitrogens with one attached hydrogen (secondary N) is 1. The van der Waals surface area contributed by atoms with Crippen LogP contribution in [0.4, 0.5) is 0 Å². The Hall–Kier alpha value is -0.620. The third-order valence-electron chi connectivity index (χ3n) is 3.32. The Balaban J connectivity index is 2.09. The van der Waals surface area contributed by atoms with E-state index in [1.54, 1.807) is 13.0 Å². The van der Waals surface area contributed by atoms with Crippen molar-refractivity contribution >= 4 is 21.6 Å². The fraction of sp³-hybridized carbons (Fsp3) is 0.538. The molecule has 106 valence electrons. The number of sulfonamides is 1. The number of hydrogen-bond donors (Lipinski definition) is 1. The van der Waals surface area contributed by atoms with Crippen LogP contribution >= 0.6 is 11.6 Å². The molecule has 0 radical (unpaired) electrons. The summed E-state index contributed by atoms with van der Waals surface area (Å²) in [5.74, 6) is 0.